The van der Waals surface area contributed by atoms with Crippen LogP contribution in [0.2, 0.25) is 0 Å². The van der Waals surface area contributed by atoms with Gasteiger partial charge in [-0.15, -0.1) is 0 Å². The number of H-pyrrole nitrogens is 1. The summed E-state index contributed by atoms with van der Waals surface area (Å²) < 4.78 is 1.78. The fourth-order valence-corrected chi connectivity index (χ4v) is 2.28. The Morgan fingerprint density at radius 2 is 2.00 bits per heavy atom. The largest absolute Gasteiger partial charge is 0.306 e. The molecule has 4 nitrogen and oxygen atoms in total. The van der Waals surface area contributed by atoms with Crippen molar-refractivity contribution in [2.45, 2.75) is 20.3 Å². The third-order valence-corrected chi connectivity index (χ3v) is 3.33. The van der Waals surface area contributed by atoms with Gasteiger partial charge in [-0.3, -0.25) is 4.79 Å². The van der Waals surface area contributed by atoms with Gasteiger partial charge in [0.15, 0.2) is 0 Å². The summed E-state index contributed by atoms with van der Waals surface area (Å²) in [6.07, 6.45) is 0.723. The molecule has 4 heteroatoms. The number of para-hydroxylation sites is 1. The predicted octanol–water partition coefficient (Wildman–Crippen LogP) is 2.58. The van der Waals surface area contributed by atoms with E-state index < -0.39 is 0 Å². The summed E-state index contributed by atoms with van der Waals surface area (Å²) >= 11 is 0. The first kappa shape index (κ1) is 11.7. The fraction of sp³-hybridized carbons (Fsp3) is 0.200. The van der Waals surface area contributed by atoms with Gasteiger partial charge in [0, 0.05) is 10.9 Å². The summed E-state index contributed by atoms with van der Waals surface area (Å²) in [6, 6.07) is 11.7. The highest BCUT2D eigenvalue weighted by Crippen LogP contribution is 2.19. The molecular formula is C15H15N3O. The van der Waals surface area contributed by atoms with Crippen molar-refractivity contribution in [3.8, 4) is 5.69 Å². The number of nitrogens with zero attached hydrogens (tertiary/aromatic N) is 2. The Balaban J connectivity index is 2.34. The maximum atomic E-state index is 12.0. The zero-order chi connectivity index (χ0) is 13.4. The molecule has 0 fully saturated rings. The highest BCUT2D eigenvalue weighted by molar-refractivity contribution is 5.80. The van der Waals surface area contributed by atoms with Crippen molar-refractivity contribution in [1.29, 1.82) is 0 Å². The molecule has 1 aromatic carbocycles. The highest BCUT2D eigenvalue weighted by atomic mass is 16.1. The van der Waals surface area contributed by atoms with Crippen LogP contribution in [0.25, 0.3) is 16.7 Å². The van der Waals surface area contributed by atoms with Crippen LogP contribution < -0.4 is 5.56 Å². The summed E-state index contributed by atoms with van der Waals surface area (Å²) in [6.45, 7) is 3.94. The molecule has 0 bridgehead atoms. The van der Waals surface area contributed by atoms with Crippen LogP contribution in [0.5, 0.6) is 0 Å². The molecule has 0 saturated heterocycles. The monoisotopic (exact) mass is 253 g/mol. The maximum Gasteiger partial charge on any atom is 0.252 e. The molecule has 0 saturated carbocycles. The summed E-state index contributed by atoms with van der Waals surface area (Å²) in [5.74, 6) is 0. The third-order valence-electron chi connectivity index (χ3n) is 3.33. The van der Waals surface area contributed by atoms with Crippen molar-refractivity contribution in [1.82, 2.24) is 14.8 Å². The minimum absolute atomic E-state index is 0.0351. The third kappa shape index (κ3) is 1.85. The standard InChI is InChI=1S/C15H15N3O/c1-3-11-9-13-10(2)17-18(14(13)16-15(11)19)12-7-5-4-6-8-12/h4-9H,3H2,1-2H3,(H,16,19). The second-order valence-electron chi connectivity index (χ2n) is 4.57. The van der Waals surface area contributed by atoms with Crippen molar-refractivity contribution in [2.24, 2.45) is 0 Å². The second kappa shape index (κ2) is 4.39. The topological polar surface area (TPSA) is 50.7 Å². The van der Waals surface area contributed by atoms with E-state index in [0.717, 1.165) is 34.4 Å². The van der Waals surface area contributed by atoms with Gasteiger partial charge in [-0.1, -0.05) is 25.1 Å². The average Bonchev–Trinajstić information content (AvgIpc) is 2.75. The summed E-state index contributed by atoms with van der Waals surface area (Å²) in [4.78, 5) is 14.9. The SMILES string of the molecule is CCc1cc2c(C)nn(-c3ccccc3)c2[nH]c1=O. The summed E-state index contributed by atoms with van der Waals surface area (Å²) in [5.41, 5.74) is 3.38. The smallest absolute Gasteiger partial charge is 0.252 e. The van der Waals surface area contributed by atoms with Gasteiger partial charge in [0.2, 0.25) is 0 Å². The normalized spacial score (nSPS) is 11.1. The van der Waals surface area contributed by atoms with Crippen LogP contribution in [0, 0.1) is 6.92 Å². The van der Waals surface area contributed by atoms with E-state index in [9.17, 15) is 4.79 Å². The van der Waals surface area contributed by atoms with E-state index in [0.29, 0.717) is 0 Å². The van der Waals surface area contributed by atoms with Gasteiger partial charge < -0.3 is 4.98 Å². The van der Waals surface area contributed by atoms with Gasteiger partial charge in [0.05, 0.1) is 11.4 Å². The van der Waals surface area contributed by atoms with Gasteiger partial charge >= 0.3 is 0 Å². The Hall–Kier alpha value is -2.36. The minimum atomic E-state index is -0.0351. The molecule has 0 unspecified atom stereocenters. The summed E-state index contributed by atoms with van der Waals surface area (Å²) in [7, 11) is 0. The number of fused-ring (bicyclic) bond motifs is 1. The lowest BCUT2D eigenvalue weighted by molar-refractivity contribution is 0.874. The molecule has 1 N–H and O–H groups in total. The molecule has 0 aliphatic heterocycles. The molecule has 0 amide bonds. The van der Waals surface area contributed by atoms with Crippen molar-refractivity contribution in [3.05, 3.63) is 58.0 Å². The van der Waals surface area contributed by atoms with Crippen LogP contribution in [0.4, 0.5) is 0 Å². The molecule has 2 aromatic heterocycles. The number of aromatic nitrogens is 3. The lowest BCUT2D eigenvalue weighted by atomic mass is 10.1. The number of hydrogen-bond acceptors (Lipinski definition) is 2. The van der Waals surface area contributed by atoms with Crippen LogP contribution in [0.3, 0.4) is 0 Å². The molecular weight excluding hydrogens is 238 g/mol. The van der Waals surface area contributed by atoms with Crippen molar-refractivity contribution in [3.63, 3.8) is 0 Å². The van der Waals surface area contributed by atoms with E-state index in [1.807, 2.05) is 50.2 Å². The number of rotatable bonds is 2. The predicted molar refractivity (Wildman–Crippen MR) is 75.8 cm³/mol. The molecule has 3 aromatic rings. The van der Waals surface area contributed by atoms with Crippen LogP contribution in [-0.2, 0) is 6.42 Å². The number of pyridine rings is 1. The molecule has 0 radical (unpaired) electrons. The van der Waals surface area contributed by atoms with E-state index in [1.165, 1.54) is 0 Å². The van der Waals surface area contributed by atoms with Gasteiger partial charge in [-0.2, -0.15) is 5.10 Å². The molecule has 0 spiro atoms. The average molecular weight is 253 g/mol. The first-order valence-electron chi connectivity index (χ1n) is 6.37. The summed E-state index contributed by atoms with van der Waals surface area (Å²) in [5, 5.41) is 5.52. The lowest BCUT2D eigenvalue weighted by Crippen LogP contribution is -2.12. The van der Waals surface area contributed by atoms with Crippen LogP contribution in [0.15, 0.2) is 41.2 Å². The molecule has 0 atom stereocenters. The highest BCUT2D eigenvalue weighted by Gasteiger charge is 2.11. The number of nitrogens with one attached hydrogen (secondary N) is 1. The number of aryl methyl sites for hydroxylation is 2. The molecule has 0 aliphatic carbocycles. The number of benzene rings is 1. The van der Waals surface area contributed by atoms with Crippen LogP contribution in [0.1, 0.15) is 18.2 Å². The quantitative estimate of drug-likeness (QED) is 0.763. The lowest BCUT2D eigenvalue weighted by Gasteiger charge is -2.03. The van der Waals surface area contributed by atoms with Crippen LogP contribution >= 0.6 is 0 Å². The Morgan fingerprint density at radius 1 is 1.26 bits per heavy atom. The van der Waals surface area contributed by atoms with E-state index in [-0.39, 0.29) is 5.56 Å². The van der Waals surface area contributed by atoms with E-state index in [2.05, 4.69) is 10.1 Å². The number of hydrogen-bond donors (Lipinski definition) is 1. The van der Waals surface area contributed by atoms with E-state index in [4.69, 9.17) is 0 Å². The van der Waals surface area contributed by atoms with E-state index in [1.54, 1.807) is 4.68 Å². The Labute approximate surface area is 110 Å². The molecule has 3 rings (SSSR count). The fourth-order valence-electron chi connectivity index (χ4n) is 2.28. The van der Waals surface area contributed by atoms with E-state index >= 15 is 0 Å². The Morgan fingerprint density at radius 3 is 2.68 bits per heavy atom. The first-order valence-corrected chi connectivity index (χ1v) is 6.37. The van der Waals surface area contributed by atoms with Gasteiger partial charge in [0.1, 0.15) is 5.65 Å². The Kier molecular flexibility index (Phi) is 2.71. The molecule has 0 aliphatic rings. The van der Waals surface area contributed by atoms with Crippen molar-refractivity contribution >= 4 is 11.0 Å². The minimum Gasteiger partial charge on any atom is -0.306 e. The second-order valence-corrected chi connectivity index (χ2v) is 4.57. The Bertz CT molecular complexity index is 784. The number of aromatic amines is 1. The van der Waals surface area contributed by atoms with Crippen LogP contribution in [-0.4, -0.2) is 14.8 Å². The van der Waals surface area contributed by atoms with Crippen molar-refractivity contribution < 1.29 is 0 Å². The van der Waals surface area contributed by atoms with Gasteiger partial charge in [-0.25, -0.2) is 4.68 Å². The first-order chi connectivity index (χ1) is 9.20. The zero-order valence-electron chi connectivity index (χ0n) is 11.0. The molecule has 2 heterocycles. The maximum absolute atomic E-state index is 12.0. The zero-order valence-corrected chi connectivity index (χ0v) is 11.0. The van der Waals surface area contributed by atoms with Gasteiger partial charge in [0.25, 0.3) is 5.56 Å². The molecule has 96 valence electrons. The van der Waals surface area contributed by atoms with Crippen molar-refractivity contribution in [2.75, 3.05) is 0 Å². The van der Waals surface area contributed by atoms with Gasteiger partial charge in [-0.05, 0) is 31.5 Å². The molecule has 19 heavy (non-hydrogen) atoms.